The van der Waals surface area contributed by atoms with E-state index < -0.39 is 0 Å². The molecule has 36 heavy (non-hydrogen) atoms. The second-order valence-electron chi connectivity index (χ2n) is 10.0. The highest BCUT2D eigenvalue weighted by Gasteiger charge is 2.36. The number of para-hydroxylation sites is 1. The Balaban J connectivity index is 1.63. The Kier molecular flexibility index (Phi) is 8.45. The van der Waals surface area contributed by atoms with E-state index >= 15 is 0 Å². The molecule has 9 heteroatoms. The van der Waals surface area contributed by atoms with Gasteiger partial charge in [0.2, 0.25) is 5.91 Å². The number of likely N-dealkylation sites (N-methyl/N-ethyl adjacent to an activating group) is 1. The number of ether oxygens (including phenoxy) is 1. The van der Waals surface area contributed by atoms with Gasteiger partial charge in [0.15, 0.2) is 5.75 Å². The number of hydrogen-bond donors (Lipinski definition) is 2. The molecule has 0 spiro atoms. The first-order valence-corrected chi connectivity index (χ1v) is 13.1. The maximum Gasteiger partial charge on any atom is 0.258 e. The van der Waals surface area contributed by atoms with Gasteiger partial charge in [-0.25, -0.2) is 0 Å². The molecule has 4 rings (SSSR count). The molecule has 2 N–H and O–H groups in total. The maximum absolute atomic E-state index is 13.5. The Labute approximate surface area is 222 Å². The van der Waals surface area contributed by atoms with Gasteiger partial charge in [-0.2, -0.15) is 0 Å². The van der Waals surface area contributed by atoms with Gasteiger partial charge in [-0.15, -0.1) is 0 Å². The summed E-state index contributed by atoms with van der Waals surface area (Å²) in [6.45, 7) is 5.36. The summed E-state index contributed by atoms with van der Waals surface area (Å²) in [6, 6.07) is 10.5. The Morgan fingerprint density at radius 3 is 2.67 bits per heavy atom. The number of benzene rings is 2. The zero-order valence-electron chi connectivity index (χ0n) is 20.8. The van der Waals surface area contributed by atoms with Gasteiger partial charge in [0.25, 0.3) is 5.91 Å². The summed E-state index contributed by atoms with van der Waals surface area (Å²) in [5.74, 6) is 0.0840. The number of aliphatic hydroxyl groups excluding tert-OH is 1. The average Bonchev–Trinajstić information content (AvgIpc) is 3.69. The summed E-state index contributed by atoms with van der Waals surface area (Å²) >= 11 is 12.3. The van der Waals surface area contributed by atoms with E-state index in [0.717, 1.165) is 18.4 Å². The zero-order valence-corrected chi connectivity index (χ0v) is 22.4. The van der Waals surface area contributed by atoms with Crippen molar-refractivity contribution in [3.8, 4) is 5.75 Å². The third kappa shape index (κ3) is 6.14. The fourth-order valence-electron chi connectivity index (χ4n) is 4.46. The van der Waals surface area contributed by atoms with Crippen LogP contribution in [-0.4, -0.2) is 65.6 Å². The molecule has 1 aliphatic heterocycles. The molecule has 1 aliphatic carbocycles. The zero-order chi connectivity index (χ0) is 26.0. The van der Waals surface area contributed by atoms with Crippen molar-refractivity contribution in [3.05, 3.63) is 57.6 Å². The van der Waals surface area contributed by atoms with Gasteiger partial charge in [-0.05, 0) is 56.6 Å². The highest BCUT2D eigenvalue weighted by atomic mass is 35.5. The molecule has 2 aromatic carbocycles. The highest BCUT2D eigenvalue weighted by molar-refractivity contribution is 6.42. The first kappa shape index (κ1) is 26.7. The molecule has 7 nitrogen and oxygen atoms in total. The van der Waals surface area contributed by atoms with E-state index in [0.29, 0.717) is 46.7 Å². The van der Waals surface area contributed by atoms with Crippen molar-refractivity contribution in [1.29, 1.82) is 0 Å². The summed E-state index contributed by atoms with van der Waals surface area (Å²) in [6.07, 6.45) is 1.47. The second kappa shape index (κ2) is 11.4. The Morgan fingerprint density at radius 1 is 1.25 bits per heavy atom. The molecular formula is C27H33Cl2N3O4. The Hall–Kier alpha value is -2.32. The van der Waals surface area contributed by atoms with E-state index in [4.69, 9.17) is 27.9 Å². The maximum atomic E-state index is 13.5. The van der Waals surface area contributed by atoms with Gasteiger partial charge < -0.3 is 20.1 Å². The minimum absolute atomic E-state index is 0.0167. The van der Waals surface area contributed by atoms with Crippen molar-refractivity contribution in [2.24, 2.45) is 11.8 Å². The lowest BCUT2D eigenvalue weighted by Crippen LogP contribution is -2.49. The van der Waals surface area contributed by atoms with Crippen LogP contribution in [0.4, 0.5) is 5.69 Å². The first-order chi connectivity index (χ1) is 17.2. The molecule has 0 saturated heterocycles. The number of hydrogen-bond acceptors (Lipinski definition) is 5. The van der Waals surface area contributed by atoms with Gasteiger partial charge in [-0.3, -0.25) is 14.5 Å². The van der Waals surface area contributed by atoms with Crippen LogP contribution in [0.25, 0.3) is 0 Å². The lowest BCUT2D eigenvalue weighted by Gasteiger charge is -2.38. The Bertz CT molecular complexity index is 1120. The standard InChI is InChI=1S/C27H33Cl2N3O4/c1-16-12-32(17(2)15-33)27(35)20-5-4-6-23(30-26(34)19-8-9-19)25(20)36-24(16)14-31(3)13-18-7-10-21(28)22(29)11-18/h4-7,10-11,16-17,19,24,33H,8-9,12-15H2,1-3H3,(H,30,34)/t16-,17+,24+/m0/s1. The van der Waals surface area contributed by atoms with Gasteiger partial charge in [0.05, 0.1) is 33.9 Å². The molecule has 1 heterocycles. The summed E-state index contributed by atoms with van der Waals surface area (Å²) < 4.78 is 6.55. The number of anilines is 1. The van der Waals surface area contributed by atoms with E-state index in [1.807, 2.05) is 33.0 Å². The quantitative estimate of drug-likeness (QED) is 0.514. The van der Waals surface area contributed by atoms with Gasteiger partial charge >= 0.3 is 0 Å². The minimum Gasteiger partial charge on any atom is -0.486 e. The van der Waals surface area contributed by atoms with Gasteiger partial charge in [-0.1, -0.05) is 42.3 Å². The van der Waals surface area contributed by atoms with Crippen molar-refractivity contribution >= 4 is 40.7 Å². The molecular weight excluding hydrogens is 501 g/mol. The molecule has 1 fully saturated rings. The molecule has 2 amide bonds. The number of carbonyl (C=O) groups excluding carboxylic acids is 2. The molecule has 0 bridgehead atoms. The number of nitrogens with one attached hydrogen (secondary N) is 1. The summed E-state index contributed by atoms with van der Waals surface area (Å²) in [5.41, 5.74) is 1.91. The monoisotopic (exact) mass is 533 g/mol. The molecule has 2 aromatic rings. The van der Waals surface area contributed by atoms with Crippen LogP contribution in [-0.2, 0) is 11.3 Å². The molecule has 2 aliphatic rings. The fraction of sp³-hybridized carbons (Fsp3) is 0.481. The van der Waals surface area contributed by atoms with E-state index in [1.54, 1.807) is 29.2 Å². The number of halogens is 2. The summed E-state index contributed by atoms with van der Waals surface area (Å²) in [4.78, 5) is 29.9. The summed E-state index contributed by atoms with van der Waals surface area (Å²) in [7, 11) is 2.00. The number of rotatable bonds is 8. The number of carbonyl (C=O) groups is 2. The van der Waals surface area contributed by atoms with Crippen LogP contribution in [0.5, 0.6) is 5.75 Å². The van der Waals surface area contributed by atoms with Crippen molar-refractivity contribution in [1.82, 2.24) is 9.80 Å². The minimum atomic E-state index is -0.356. The molecule has 1 saturated carbocycles. The van der Waals surface area contributed by atoms with Crippen LogP contribution in [0.15, 0.2) is 36.4 Å². The molecule has 3 atom stereocenters. The normalized spacial score (nSPS) is 20.9. The largest absolute Gasteiger partial charge is 0.486 e. The summed E-state index contributed by atoms with van der Waals surface area (Å²) in [5, 5.41) is 13.8. The van der Waals surface area contributed by atoms with Crippen molar-refractivity contribution < 1.29 is 19.4 Å². The predicted molar refractivity (Wildman–Crippen MR) is 142 cm³/mol. The Morgan fingerprint density at radius 2 is 2.00 bits per heavy atom. The van der Waals surface area contributed by atoms with E-state index in [2.05, 4.69) is 10.2 Å². The second-order valence-corrected chi connectivity index (χ2v) is 10.8. The van der Waals surface area contributed by atoms with Crippen molar-refractivity contribution in [3.63, 3.8) is 0 Å². The van der Waals surface area contributed by atoms with Crippen LogP contribution in [0.3, 0.4) is 0 Å². The van der Waals surface area contributed by atoms with E-state index in [1.165, 1.54) is 0 Å². The van der Waals surface area contributed by atoms with Crippen LogP contribution in [0.1, 0.15) is 42.6 Å². The van der Waals surface area contributed by atoms with Crippen molar-refractivity contribution in [2.75, 3.05) is 32.1 Å². The van der Waals surface area contributed by atoms with Crippen LogP contribution >= 0.6 is 23.2 Å². The smallest absolute Gasteiger partial charge is 0.258 e. The van der Waals surface area contributed by atoms with Crippen LogP contribution < -0.4 is 10.1 Å². The van der Waals surface area contributed by atoms with Crippen LogP contribution in [0, 0.1) is 11.8 Å². The third-order valence-corrected chi connectivity index (χ3v) is 7.56. The van der Waals surface area contributed by atoms with Crippen LogP contribution in [0.2, 0.25) is 10.0 Å². The van der Waals surface area contributed by atoms with Crippen molar-refractivity contribution in [2.45, 2.75) is 45.4 Å². The molecule has 0 unspecified atom stereocenters. The van der Waals surface area contributed by atoms with Gasteiger partial charge in [0.1, 0.15) is 6.10 Å². The topological polar surface area (TPSA) is 82.1 Å². The molecule has 0 radical (unpaired) electrons. The number of amides is 2. The molecule has 194 valence electrons. The fourth-order valence-corrected chi connectivity index (χ4v) is 4.78. The lowest BCUT2D eigenvalue weighted by atomic mass is 9.98. The van der Waals surface area contributed by atoms with E-state index in [9.17, 15) is 14.7 Å². The highest BCUT2D eigenvalue weighted by Crippen LogP contribution is 2.37. The number of nitrogens with zero attached hydrogens (tertiary/aromatic N) is 2. The predicted octanol–water partition coefficient (Wildman–Crippen LogP) is 4.69. The average molecular weight is 534 g/mol. The number of fused-ring (bicyclic) bond motifs is 1. The van der Waals surface area contributed by atoms with Gasteiger partial charge in [0, 0.05) is 31.5 Å². The SMILES string of the molecule is C[C@H](CO)N1C[C@H](C)[C@@H](CN(C)Cc2ccc(Cl)c(Cl)c2)Oc2c(NC(=O)C3CC3)cccc2C1=O. The number of aliphatic hydroxyl groups is 1. The molecule has 0 aromatic heterocycles. The first-order valence-electron chi connectivity index (χ1n) is 12.3. The lowest BCUT2D eigenvalue weighted by molar-refractivity contribution is -0.117. The van der Waals surface area contributed by atoms with E-state index in [-0.39, 0.29) is 42.4 Å². The third-order valence-electron chi connectivity index (χ3n) is 6.83.